The molecule has 11 atom stereocenters. The van der Waals surface area contributed by atoms with Gasteiger partial charge in [0.05, 0.1) is 55.2 Å². The molecule has 2 heterocycles. The summed E-state index contributed by atoms with van der Waals surface area (Å²) >= 11 is 0. The van der Waals surface area contributed by atoms with E-state index in [1.807, 2.05) is 38.1 Å². The molecule has 1 fully saturated rings. The summed E-state index contributed by atoms with van der Waals surface area (Å²) in [6.07, 6.45) is -3.51. The number of methoxy groups -OCH3 is 1. The average Bonchev–Trinajstić information content (AvgIpc) is 1.80. The number of benzene rings is 3. The SMILES string of the molecule is CN=C(N)NCCC[C@H](CC(=O)[C@H](CC(C)C)NC(=O)[C@H](COC)CC(=O)[C@H](Cc1ccccc1)NC(=O)[C@@H](CC(=O)[C@H](CC(N)=O)NC(=O)[C@@H]1C[C@@H](O)CN1C(=O)[C@@H](Cc1ccc(O)cc1)NC(C)=O)[C@@H](C)O)C(=O)N[C@@H](Cc1c[nH]c2ccccc12)C(N)=O. The Morgan fingerprint density at radius 2 is 1.29 bits per heavy atom. The van der Waals surface area contributed by atoms with Crippen LogP contribution in [-0.4, -0.2) is 178 Å². The number of ether oxygens (including phenoxy) is 1. The number of aliphatic imine (C=N–C) groups is 1. The van der Waals surface area contributed by atoms with Crippen LogP contribution in [0.4, 0.5) is 0 Å². The van der Waals surface area contributed by atoms with Gasteiger partial charge in [0.1, 0.15) is 23.9 Å². The van der Waals surface area contributed by atoms with Crippen molar-refractivity contribution in [2.75, 3.05) is 33.9 Å². The molecule has 27 nitrogen and oxygen atoms in total. The maximum absolute atomic E-state index is 14.6. The van der Waals surface area contributed by atoms with Crippen LogP contribution in [-0.2, 0) is 76.7 Å². The van der Waals surface area contributed by atoms with E-state index in [-0.39, 0.29) is 82.3 Å². The third-order valence-electron chi connectivity index (χ3n) is 15.8. The fraction of sp³-hybridized carbons (Fsp3) is 0.500. The van der Waals surface area contributed by atoms with Crippen molar-refractivity contribution < 1.29 is 72.8 Å². The number of aromatic amines is 1. The molecule has 1 saturated heterocycles. The molecular formula is C64H88N12O15. The van der Waals surface area contributed by atoms with E-state index in [1.54, 1.807) is 36.5 Å². The molecule has 0 spiro atoms. The maximum atomic E-state index is 14.6. The lowest BCUT2D eigenvalue weighted by atomic mass is 9.89. The molecule has 0 aliphatic carbocycles. The molecule has 1 aromatic heterocycles. The summed E-state index contributed by atoms with van der Waals surface area (Å²) in [4.78, 5) is 160. The van der Waals surface area contributed by atoms with E-state index in [4.69, 9.17) is 21.9 Å². The summed E-state index contributed by atoms with van der Waals surface area (Å²) in [5.41, 5.74) is 19.9. The minimum absolute atomic E-state index is 0.0411. The first-order valence-corrected chi connectivity index (χ1v) is 30.3. The Kier molecular flexibility index (Phi) is 28.2. The number of aromatic hydroxyl groups is 1. The van der Waals surface area contributed by atoms with Gasteiger partial charge in [0.15, 0.2) is 23.3 Å². The van der Waals surface area contributed by atoms with Crippen LogP contribution in [0.2, 0.25) is 0 Å². The van der Waals surface area contributed by atoms with Gasteiger partial charge in [-0.25, -0.2) is 0 Å². The van der Waals surface area contributed by atoms with Crippen molar-refractivity contribution in [2.24, 2.45) is 45.9 Å². The summed E-state index contributed by atoms with van der Waals surface area (Å²) in [5.74, 6) is -12.7. The number of nitrogens with one attached hydrogen (secondary N) is 7. The van der Waals surface area contributed by atoms with E-state index in [0.29, 0.717) is 17.5 Å². The fourth-order valence-electron chi connectivity index (χ4n) is 11.0. The summed E-state index contributed by atoms with van der Waals surface area (Å²) in [6.45, 7) is 5.66. The highest BCUT2D eigenvalue weighted by molar-refractivity contribution is 6.00. The number of rotatable bonds is 37. The smallest absolute Gasteiger partial charge is 0.246 e. The zero-order valence-corrected chi connectivity index (χ0v) is 52.3. The van der Waals surface area contributed by atoms with Crippen LogP contribution >= 0.6 is 0 Å². The van der Waals surface area contributed by atoms with E-state index in [1.165, 1.54) is 52.3 Å². The van der Waals surface area contributed by atoms with Gasteiger partial charge in [-0.1, -0.05) is 74.5 Å². The van der Waals surface area contributed by atoms with Crippen molar-refractivity contribution in [1.29, 1.82) is 0 Å². The number of carbonyl (C=O) groups is 11. The molecule has 0 unspecified atom stereocenters. The number of fused-ring (bicyclic) bond motifs is 1. The first-order chi connectivity index (χ1) is 43.2. The summed E-state index contributed by atoms with van der Waals surface area (Å²) < 4.78 is 5.43. The van der Waals surface area contributed by atoms with Crippen LogP contribution < -0.4 is 49.1 Å². The van der Waals surface area contributed by atoms with Gasteiger partial charge in [-0.2, -0.15) is 0 Å². The Hall–Kier alpha value is -9.08. The highest BCUT2D eigenvalue weighted by atomic mass is 16.5. The Bertz CT molecular complexity index is 3210. The standard InChI is InChI=1S/C64H88N12O15/c1-35(2)23-48(54(81)27-40(15-12-22-69-64(67)68-5)59(86)75-51(58(66)85)26-41-32-70-47-17-11-10-16-45(41)47)72-60(87)42(34-91-6)28-55(82)49(24-38-13-8-7-9-14-38)73-61(88)46(36(3)77)30-56(83)50(31-57(65)84)74-62(89)53-29-44(80)33-76(53)63(90)52(71-37(4)78)25-39-18-20-43(79)21-19-39/h7-11,13-14,16-21,32,35-36,40,42,44,46,48-53,70,77,79-80H,12,15,22-31,33-34H2,1-6H3,(H2,65,84)(H2,66,85)(H,71,78)(H,72,87)(H,73,88)(H,74,89)(H,75,86)(H3,67,68,69)/t36-,40-,42+,44-,46+,48+,49+,50+,51+,52-,53+/m1/s1. The number of guanidine groups is 1. The normalized spacial score (nSPS) is 17.0. The molecular weight excluding hydrogens is 1180 g/mol. The molecule has 0 bridgehead atoms. The second kappa shape index (κ2) is 35.3. The number of phenolic OH excluding ortho intramolecular Hbond substituents is 1. The number of para-hydroxylation sites is 1. The molecule has 494 valence electrons. The molecule has 4 aromatic rings. The van der Waals surface area contributed by atoms with Gasteiger partial charge in [-0.3, -0.25) is 57.7 Å². The summed E-state index contributed by atoms with van der Waals surface area (Å²) in [5, 5.41) is 48.6. The van der Waals surface area contributed by atoms with Crippen LogP contribution in [0.15, 0.2) is 90.1 Å². The molecule has 8 amide bonds. The lowest BCUT2D eigenvalue weighted by molar-refractivity contribution is -0.142. The number of nitrogens with two attached hydrogens (primary N) is 3. The van der Waals surface area contributed by atoms with Crippen LogP contribution in [0.5, 0.6) is 5.75 Å². The Labute approximate surface area is 528 Å². The lowest BCUT2D eigenvalue weighted by Crippen LogP contribution is -2.56. The average molecular weight is 1270 g/mol. The number of phenols is 1. The first kappa shape index (κ1) is 72.7. The number of aliphatic hydroxyl groups excluding tert-OH is 2. The molecule has 16 N–H and O–H groups in total. The van der Waals surface area contributed by atoms with Crippen molar-refractivity contribution in [1.82, 2.24) is 41.8 Å². The fourth-order valence-corrected chi connectivity index (χ4v) is 11.0. The third-order valence-corrected chi connectivity index (χ3v) is 15.8. The van der Waals surface area contributed by atoms with Crippen molar-refractivity contribution in [3.05, 3.63) is 102 Å². The lowest BCUT2D eigenvalue weighted by Gasteiger charge is -2.30. The number of Topliss-reactive ketones (excluding diaryl/α,β-unsaturated/α-hetero) is 3. The highest BCUT2D eigenvalue weighted by Gasteiger charge is 2.43. The zero-order valence-electron chi connectivity index (χ0n) is 52.3. The number of β-amino-alcohol motifs (C(OH)–C–C–N with tert-alkyl or cyclic N) is 1. The van der Waals surface area contributed by atoms with Crippen LogP contribution in [0.1, 0.15) is 95.8 Å². The Morgan fingerprint density at radius 3 is 1.91 bits per heavy atom. The number of H-pyrrole nitrogens is 1. The molecule has 3 aromatic carbocycles. The van der Waals surface area contributed by atoms with Gasteiger partial charge in [0.2, 0.25) is 47.3 Å². The van der Waals surface area contributed by atoms with E-state index < -0.39 is 150 Å². The number of amides is 8. The number of primary amides is 2. The minimum Gasteiger partial charge on any atom is -0.508 e. The van der Waals surface area contributed by atoms with Gasteiger partial charge in [0, 0.05) is 95.7 Å². The van der Waals surface area contributed by atoms with E-state index >= 15 is 0 Å². The largest absolute Gasteiger partial charge is 0.508 e. The predicted octanol–water partition coefficient (Wildman–Crippen LogP) is -0.218. The Morgan fingerprint density at radius 1 is 0.692 bits per heavy atom. The van der Waals surface area contributed by atoms with Gasteiger partial charge >= 0.3 is 0 Å². The van der Waals surface area contributed by atoms with Gasteiger partial charge in [0.25, 0.3) is 0 Å². The highest BCUT2D eigenvalue weighted by Crippen LogP contribution is 2.25. The molecule has 0 saturated carbocycles. The van der Waals surface area contributed by atoms with E-state index in [9.17, 15) is 68.1 Å². The van der Waals surface area contributed by atoms with Crippen LogP contribution in [0.3, 0.4) is 0 Å². The number of hydrogen-bond acceptors (Lipinski definition) is 16. The van der Waals surface area contributed by atoms with Crippen molar-refractivity contribution in [3.63, 3.8) is 0 Å². The molecule has 5 rings (SSSR count). The molecule has 91 heavy (non-hydrogen) atoms. The zero-order chi connectivity index (χ0) is 67.1. The summed E-state index contributed by atoms with van der Waals surface area (Å²) in [7, 11) is 2.80. The minimum atomic E-state index is -1.72. The first-order valence-electron chi connectivity index (χ1n) is 30.3. The molecule has 1 aliphatic heterocycles. The van der Waals surface area contributed by atoms with Crippen molar-refractivity contribution in [3.8, 4) is 5.75 Å². The second-order valence-electron chi connectivity index (χ2n) is 23.6. The monoisotopic (exact) mass is 1260 g/mol. The Balaban J connectivity index is 1.33. The number of carbonyl (C=O) groups excluding carboxylic acids is 11. The predicted molar refractivity (Wildman–Crippen MR) is 336 cm³/mol. The number of nitrogens with zero attached hydrogens (tertiary/aromatic N) is 2. The van der Waals surface area contributed by atoms with Gasteiger partial charge in [-0.05, 0) is 73.4 Å². The second-order valence-corrected chi connectivity index (χ2v) is 23.6. The summed E-state index contributed by atoms with van der Waals surface area (Å²) in [6, 6.07) is 13.6. The van der Waals surface area contributed by atoms with Crippen molar-refractivity contribution >= 4 is 81.5 Å². The maximum Gasteiger partial charge on any atom is 0.246 e. The molecule has 1 aliphatic rings. The number of hydrogen-bond donors (Lipinski definition) is 13. The molecule has 27 heteroatoms. The third kappa shape index (κ3) is 22.7. The van der Waals surface area contributed by atoms with Crippen LogP contribution in [0.25, 0.3) is 10.9 Å². The number of likely N-dealkylation sites (tertiary alicyclic amines) is 1. The van der Waals surface area contributed by atoms with Crippen LogP contribution in [0, 0.1) is 23.7 Å². The quantitative estimate of drug-likeness (QED) is 0.0158. The van der Waals surface area contributed by atoms with E-state index in [0.717, 1.165) is 21.4 Å². The van der Waals surface area contributed by atoms with Crippen molar-refractivity contribution in [2.45, 2.75) is 147 Å². The van der Waals surface area contributed by atoms with E-state index in [2.05, 4.69) is 41.9 Å². The molecule has 0 radical (unpaired) electrons. The number of ketones is 3. The topological polar surface area (TPSA) is 439 Å². The number of aromatic nitrogens is 1. The van der Waals surface area contributed by atoms with Gasteiger partial charge < -0.3 is 79.0 Å². The number of aliphatic hydroxyl groups is 2. The van der Waals surface area contributed by atoms with Gasteiger partial charge in [-0.15, -0.1) is 0 Å².